The van der Waals surface area contributed by atoms with E-state index in [4.69, 9.17) is 9.47 Å². The van der Waals surface area contributed by atoms with Crippen LogP contribution >= 0.6 is 0 Å². The normalized spacial score (nSPS) is 17.3. The number of rotatable bonds is 10. The van der Waals surface area contributed by atoms with Crippen molar-refractivity contribution < 1.29 is 28.7 Å². The number of imide groups is 1. The predicted octanol–water partition coefficient (Wildman–Crippen LogP) is 4.72. The van der Waals surface area contributed by atoms with Crippen LogP contribution in [0.2, 0.25) is 0 Å². The highest BCUT2D eigenvalue weighted by Gasteiger charge is 2.56. The van der Waals surface area contributed by atoms with Crippen molar-refractivity contribution in [1.82, 2.24) is 4.90 Å². The third-order valence-corrected chi connectivity index (χ3v) is 6.57. The van der Waals surface area contributed by atoms with Crippen LogP contribution in [-0.4, -0.2) is 41.0 Å². The second-order valence-corrected chi connectivity index (χ2v) is 9.40. The van der Waals surface area contributed by atoms with E-state index in [-0.39, 0.29) is 12.8 Å². The van der Waals surface area contributed by atoms with Crippen molar-refractivity contribution >= 4 is 23.8 Å². The van der Waals surface area contributed by atoms with Gasteiger partial charge in [-0.2, -0.15) is 0 Å². The van der Waals surface area contributed by atoms with Gasteiger partial charge in [-0.1, -0.05) is 84.9 Å². The van der Waals surface area contributed by atoms with Gasteiger partial charge >= 0.3 is 11.9 Å². The number of ether oxygens (including phenoxy) is 2. The number of esters is 2. The van der Waals surface area contributed by atoms with Gasteiger partial charge in [0, 0.05) is 13.3 Å². The molecule has 3 aromatic rings. The number of nitrogens with zero attached hydrogens (tertiary/aromatic N) is 1. The van der Waals surface area contributed by atoms with Crippen molar-refractivity contribution in [1.29, 1.82) is 0 Å². The highest BCUT2D eigenvalue weighted by molar-refractivity contribution is 6.02. The Hall–Kier alpha value is -4.26. The van der Waals surface area contributed by atoms with E-state index >= 15 is 0 Å². The van der Waals surface area contributed by atoms with Crippen molar-refractivity contribution in [2.45, 2.75) is 51.9 Å². The Bertz CT molecular complexity index is 1270. The molecule has 0 radical (unpaired) electrons. The Kier molecular flexibility index (Phi) is 8.69. The summed E-state index contributed by atoms with van der Waals surface area (Å²) >= 11 is 0. The topological polar surface area (TPSA) is 90.0 Å². The van der Waals surface area contributed by atoms with Gasteiger partial charge in [0.1, 0.15) is 12.0 Å². The molecule has 38 heavy (non-hydrogen) atoms. The molecule has 196 valence electrons. The number of hydrogen-bond donors (Lipinski definition) is 0. The molecule has 7 heteroatoms. The fourth-order valence-corrected chi connectivity index (χ4v) is 4.62. The number of amides is 2. The average Bonchev–Trinajstić information content (AvgIpc) is 2.89. The first-order valence-corrected chi connectivity index (χ1v) is 12.7. The minimum atomic E-state index is -1.09. The summed E-state index contributed by atoms with van der Waals surface area (Å²) in [6, 6.07) is 27.2. The monoisotopic (exact) mass is 513 g/mol. The zero-order chi connectivity index (χ0) is 27.1. The van der Waals surface area contributed by atoms with Crippen molar-refractivity contribution in [3.63, 3.8) is 0 Å². The molecule has 0 unspecified atom stereocenters. The van der Waals surface area contributed by atoms with Crippen LogP contribution in [0.3, 0.4) is 0 Å². The molecule has 1 heterocycles. The zero-order valence-electron chi connectivity index (χ0n) is 21.5. The van der Waals surface area contributed by atoms with E-state index in [9.17, 15) is 19.2 Å². The molecule has 3 aromatic carbocycles. The number of hydrogen-bond acceptors (Lipinski definition) is 6. The van der Waals surface area contributed by atoms with Crippen LogP contribution < -0.4 is 0 Å². The maximum Gasteiger partial charge on any atom is 0.310 e. The fourth-order valence-electron chi connectivity index (χ4n) is 4.62. The fraction of sp³-hybridized carbons (Fsp3) is 0.290. The van der Waals surface area contributed by atoms with Gasteiger partial charge in [-0.15, -0.1) is 0 Å². The molecule has 0 bridgehead atoms. The summed E-state index contributed by atoms with van der Waals surface area (Å²) in [4.78, 5) is 51.0. The molecule has 1 aliphatic rings. The van der Waals surface area contributed by atoms with Gasteiger partial charge in [0.2, 0.25) is 11.8 Å². The lowest BCUT2D eigenvalue weighted by Gasteiger charge is -2.46. The lowest BCUT2D eigenvalue weighted by Crippen LogP contribution is -2.67. The maximum absolute atomic E-state index is 12.9. The molecular formula is C31H31NO6. The molecule has 3 atom stereocenters. The van der Waals surface area contributed by atoms with Crippen LogP contribution in [0.25, 0.3) is 11.1 Å². The maximum atomic E-state index is 12.9. The van der Waals surface area contributed by atoms with E-state index < -0.39 is 42.0 Å². The summed E-state index contributed by atoms with van der Waals surface area (Å²) in [7, 11) is 0. The highest BCUT2D eigenvalue weighted by atomic mass is 16.6. The van der Waals surface area contributed by atoms with Gasteiger partial charge in [-0.3, -0.25) is 19.2 Å². The second kappa shape index (κ2) is 12.3. The average molecular weight is 514 g/mol. The first-order valence-electron chi connectivity index (χ1n) is 12.7. The third kappa shape index (κ3) is 6.54. The van der Waals surface area contributed by atoms with Crippen LogP contribution in [0.5, 0.6) is 0 Å². The Morgan fingerprint density at radius 3 is 2.08 bits per heavy atom. The van der Waals surface area contributed by atoms with Gasteiger partial charge in [0.25, 0.3) is 0 Å². The molecular weight excluding hydrogens is 482 g/mol. The number of carbonyl (C=O) groups excluding carboxylic acids is 4. The zero-order valence-corrected chi connectivity index (χ0v) is 21.5. The largest absolute Gasteiger partial charge is 0.461 e. The SMILES string of the molecule is CC(=O)O[C@@H]1[C@@H]([C@@H](C)OC(=O)Cc2ccc(-c3ccccc3)cc2)C(=O)N1C(=O)CCCc1ccccc1. The number of β-lactam (4-membered cyclic amide) rings is 1. The summed E-state index contributed by atoms with van der Waals surface area (Å²) in [5, 5.41) is 0. The summed E-state index contributed by atoms with van der Waals surface area (Å²) < 4.78 is 10.8. The standard InChI is InChI=1S/C31H31NO6/c1-21(37-28(35)20-24-16-18-26(19-17-24)25-13-7-4-8-14-25)29-30(36)32(31(29)38-22(2)33)27(34)15-9-12-23-10-5-3-6-11-23/h3-8,10-11,13-14,16-19,21,29,31H,9,12,15,20H2,1-2H3/t21-,29+,31-/m1/s1. The Labute approximate surface area is 222 Å². The number of aryl methyl sites for hydroxylation is 1. The molecule has 7 nitrogen and oxygen atoms in total. The van der Waals surface area contributed by atoms with Crippen LogP contribution in [0.15, 0.2) is 84.9 Å². The van der Waals surface area contributed by atoms with Crippen molar-refractivity contribution in [2.24, 2.45) is 5.92 Å². The van der Waals surface area contributed by atoms with Crippen LogP contribution in [-0.2, 0) is 41.5 Å². The lowest BCUT2D eigenvalue weighted by molar-refractivity contribution is -0.210. The van der Waals surface area contributed by atoms with Gasteiger partial charge in [-0.25, -0.2) is 4.90 Å². The van der Waals surface area contributed by atoms with Gasteiger partial charge in [0.05, 0.1) is 6.42 Å². The third-order valence-electron chi connectivity index (χ3n) is 6.57. The highest BCUT2D eigenvalue weighted by Crippen LogP contribution is 2.33. The van der Waals surface area contributed by atoms with Gasteiger partial charge in [-0.05, 0) is 42.0 Å². The van der Waals surface area contributed by atoms with Gasteiger partial charge in [0.15, 0.2) is 6.23 Å². The minimum Gasteiger partial charge on any atom is -0.461 e. The quantitative estimate of drug-likeness (QED) is 0.288. The van der Waals surface area contributed by atoms with Crippen LogP contribution in [0, 0.1) is 5.92 Å². The van der Waals surface area contributed by atoms with E-state index in [2.05, 4.69) is 0 Å². The molecule has 4 rings (SSSR count). The molecule has 1 fully saturated rings. The van der Waals surface area contributed by atoms with E-state index in [1.165, 1.54) is 6.92 Å². The van der Waals surface area contributed by atoms with Crippen molar-refractivity contribution in [2.75, 3.05) is 0 Å². The van der Waals surface area contributed by atoms with Crippen LogP contribution in [0.4, 0.5) is 0 Å². The summed E-state index contributed by atoms with van der Waals surface area (Å²) in [5.41, 5.74) is 3.98. The summed E-state index contributed by atoms with van der Waals surface area (Å²) in [6.45, 7) is 2.79. The summed E-state index contributed by atoms with van der Waals surface area (Å²) in [6.07, 6.45) is -0.541. The smallest absolute Gasteiger partial charge is 0.310 e. The number of likely N-dealkylation sites (tertiary alicyclic amines) is 1. The molecule has 1 aliphatic heterocycles. The van der Waals surface area contributed by atoms with E-state index in [0.717, 1.165) is 27.2 Å². The Morgan fingerprint density at radius 1 is 0.842 bits per heavy atom. The van der Waals surface area contributed by atoms with E-state index in [0.29, 0.717) is 12.8 Å². The molecule has 0 aliphatic carbocycles. The first kappa shape index (κ1) is 26.8. The summed E-state index contributed by atoms with van der Waals surface area (Å²) in [5.74, 6) is -2.97. The minimum absolute atomic E-state index is 0.0285. The Morgan fingerprint density at radius 2 is 1.45 bits per heavy atom. The predicted molar refractivity (Wildman–Crippen MR) is 141 cm³/mol. The van der Waals surface area contributed by atoms with Crippen molar-refractivity contribution in [3.8, 4) is 11.1 Å². The first-order chi connectivity index (χ1) is 18.3. The van der Waals surface area contributed by atoms with E-state index in [1.807, 2.05) is 84.9 Å². The molecule has 0 N–H and O–H groups in total. The molecule has 0 spiro atoms. The molecule has 2 amide bonds. The van der Waals surface area contributed by atoms with Gasteiger partial charge < -0.3 is 9.47 Å². The Balaban J connectivity index is 1.32. The second-order valence-electron chi connectivity index (χ2n) is 9.40. The van der Waals surface area contributed by atoms with Crippen LogP contribution in [0.1, 0.15) is 37.8 Å². The number of carbonyl (C=O) groups is 4. The lowest BCUT2D eigenvalue weighted by atomic mass is 9.89. The molecule has 0 saturated carbocycles. The number of benzene rings is 3. The molecule has 0 aromatic heterocycles. The van der Waals surface area contributed by atoms with Crippen molar-refractivity contribution in [3.05, 3.63) is 96.1 Å². The molecule has 1 saturated heterocycles. The van der Waals surface area contributed by atoms with E-state index in [1.54, 1.807) is 6.92 Å².